The van der Waals surface area contributed by atoms with Crippen LogP contribution in [0.1, 0.15) is 22.8 Å². The molecule has 108 valence electrons. The molecule has 0 bridgehead atoms. The number of hydrogen-bond acceptors (Lipinski definition) is 4. The van der Waals surface area contributed by atoms with Crippen molar-refractivity contribution >= 4 is 17.5 Å². The molecule has 1 aliphatic heterocycles. The van der Waals surface area contributed by atoms with Gasteiger partial charge < -0.3 is 20.7 Å². The second-order valence-corrected chi connectivity index (χ2v) is 5.00. The maximum absolute atomic E-state index is 12.2. The lowest BCUT2D eigenvalue weighted by Gasteiger charge is -2.18. The van der Waals surface area contributed by atoms with E-state index in [-0.39, 0.29) is 24.4 Å². The highest BCUT2D eigenvalue weighted by Crippen LogP contribution is 2.24. The summed E-state index contributed by atoms with van der Waals surface area (Å²) in [5, 5.41) is 2.78. The number of nitrogens with zero attached hydrogens (tertiary/aromatic N) is 1. The van der Waals surface area contributed by atoms with E-state index in [0.29, 0.717) is 24.4 Å². The molecule has 3 N–H and O–H groups in total. The average molecular weight is 277 g/mol. The summed E-state index contributed by atoms with van der Waals surface area (Å²) >= 11 is 0. The molecule has 0 radical (unpaired) electrons. The molecule has 1 atom stereocenters. The monoisotopic (exact) mass is 277 g/mol. The van der Waals surface area contributed by atoms with E-state index in [0.717, 1.165) is 5.56 Å². The van der Waals surface area contributed by atoms with Crippen LogP contribution < -0.4 is 11.1 Å². The van der Waals surface area contributed by atoms with E-state index < -0.39 is 0 Å². The number of anilines is 1. The van der Waals surface area contributed by atoms with E-state index in [4.69, 9.17) is 10.5 Å². The van der Waals surface area contributed by atoms with Crippen LogP contribution >= 0.6 is 0 Å². The summed E-state index contributed by atoms with van der Waals surface area (Å²) in [7, 11) is 1.58. The van der Waals surface area contributed by atoms with Crippen LogP contribution in [0.25, 0.3) is 0 Å². The molecule has 1 heterocycles. The molecule has 1 aliphatic rings. The maximum atomic E-state index is 12.2. The third kappa shape index (κ3) is 3.08. The minimum Gasteiger partial charge on any atom is -0.399 e. The van der Waals surface area contributed by atoms with Gasteiger partial charge in [-0.25, -0.2) is 0 Å². The summed E-state index contributed by atoms with van der Waals surface area (Å²) in [4.78, 5) is 25.5. The van der Waals surface area contributed by atoms with Crippen LogP contribution in [0, 0.1) is 0 Å². The first-order valence-corrected chi connectivity index (χ1v) is 6.47. The lowest BCUT2D eigenvalue weighted by Crippen LogP contribution is -2.42. The first-order valence-electron chi connectivity index (χ1n) is 6.47. The molecule has 2 rings (SSSR count). The first kappa shape index (κ1) is 14.3. The lowest BCUT2D eigenvalue weighted by atomic mass is 10.1. The molecule has 1 aromatic rings. The Bertz CT molecular complexity index is 530. The van der Waals surface area contributed by atoms with Crippen molar-refractivity contribution in [2.45, 2.75) is 19.5 Å². The predicted octanol–water partition coefficient (Wildman–Crippen LogP) is 0.376. The number of nitrogens with two attached hydrogens (primary N) is 1. The topological polar surface area (TPSA) is 84.7 Å². The summed E-state index contributed by atoms with van der Waals surface area (Å²) in [6, 6.07) is 5.16. The van der Waals surface area contributed by atoms with Crippen LogP contribution in [0.15, 0.2) is 18.2 Å². The van der Waals surface area contributed by atoms with Crippen LogP contribution in [0.4, 0.5) is 5.69 Å². The zero-order valence-corrected chi connectivity index (χ0v) is 11.7. The summed E-state index contributed by atoms with van der Waals surface area (Å²) in [6.45, 7) is 2.78. The smallest absolute Gasteiger partial charge is 0.255 e. The fraction of sp³-hybridized carbons (Fsp3) is 0.429. The van der Waals surface area contributed by atoms with Gasteiger partial charge in [-0.15, -0.1) is 0 Å². The van der Waals surface area contributed by atoms with Gasteiger partial charge in [0.25, 0.3) is 5.91 Å². The molecule has 6 nitrogen and oxygen atoms in total. The van der Waals surface area contributed by atoms with E-state index in [1.54, 1.807) is 19.2 Å². The average Bonchev–Trinajstić information content (AvgIpc) is 2.67. The lowest BCUT2D eigenvalue weighted by molar-refractivity contribution is -0.122. The number of fused-ring (bicyclic) bond motifs is 1. The molecule has 1 aromatic carbocycles. The van der Waals surface area contributed by atoms with Gasteiger partial charge in [-0.3, -0.25) is 9.59 Å². The molecule has 20 heavy (non-hydrogen) atoms. The largest absolute Gasteiger partial charge is 0.399 e. The van der Waals surface area contributed by atoms with Crippen molar-refractivity contribution in [3.05, 3.63) is 29.3 Å². The predicted molar refractivity (Wildman–Crippen MR) is 75.1 cm³/mol. The van der Waals surface area contributed by atoms with Crippen LogP contribution in [0.3, 0.4) is 0 Å². The van der Waals surface area contributed by atoms with Gasteiger partial charge in [-0.1, -0.05) is 6.07 Å². The number of benzene rings is 1. The van der Waals surface area contributed by atoms with Gasteiger partial charge in [0.2, 0.25) is 5.91 Å². The van der Waals surface area contributed by atoms with Crippen molar-refractivity contribution in [3.63, 3.8) is 0 Å². The van der Waals surface area contributed by atoms with Crippen LogP contribution in [-0.2, 0) is 16.1 Å². The molecule has 0 aromatic heterocycles. The summed E-state index contributed by atoms with van der Waals surface area (Å²) < 4.78 is 4.95. The van der Waals surface area contributed by atoms with Gasteiger partial charge in [0.05, 0.1) is 6.61 Å². The quantitative estimate of drug-likeness (QED) is 0.762. The molecular weight excluding hydrogens is 258 g/mol. The number of nitrogens with one attached hydrogen (secondary N) is 1. The highest BCUT2D eigenvalue weighted by Gasteiger charge is 2.28. The highest BCUT2D eigenvalue weighted by atomic mass is 16.5. The standard InChI is InChI=1S/C14H19N3O3/c1-9(8-20-2)16-13(18)7-17-6-10-3-4-11(15)5-12(10)14(17)19/h3-5,9H,6-8,15H2,1-2H3,(H,16,18). The van der Waals surface area contributed by atoms with Gasteiger partial charge in [0.15, 0.2) is 0 Å². The van der Waals surface area contributed by atoms with E-state index in [2.05, 4.69) is 5.32 Å². The van der Waals surface area contributed by atoms with Crippen LogP contribution in [0.2, 0.25) is 0 Å². The van der Waals surface area contributed by atoms with Gasteiger partial charge in [0.1, 0.15) is 6.54 Å². The molecule has 2 amide bonds. The number of nitrogen functional groups attached to an aromatic ring is 1. The zero-order valence-electron chi connectivity index (χ0n) is 11.7. The number of ether oxygens (including phenoxy) is 1. The summed E-state index contributed by atoms with van der Waals surface area (Å²) in [5.74, 6) is -0.342. The number of carbonyl (C=O) groups excluding carboxylic acids is 2. The molecule has 0 fully saturated rings. The second-order valence-electron chi connectivity index (χ2n) is 5.00. The Labute approximate surface area is 117 Å². The van der Waals surface area contributed by atoms with Gasteiger partial charge >= 0.3 is 0 Å². The Kier molecular flexibility index (Phi) is 4.24. The van der Waals surface area contributed by atoms with Crippen molar-refractivity contribution in [1.82, 2.24) is 10.2 Å². The molecule has 0 saturated heterocycles. The minimum absolute atomic E-state index is 0.0431. The first-order chi connectivity index (χ1) is 9.51. The summed E-state index contributed by atoms with van der Waals surface area (Å²) in [6.07, 6.45) is 0. The van der Waals surface area contributed by atoms with Crippen LogP contribution in [0.5, 0.6) is 0 Å². The number of carbonyl (C=O) groups is 2. The van der Waals surface area contributed by atoms with Crippen molar-refractivity contribution in [2.24, 2.45) is 0 Å². The third-order valence-corrected chi connectivity index (χ3v) is 3.17. The third-order valence-electron chi connectivity index (χ3n) is 3.17. The van der Waals surface area contributed by atoms with E-state index in [9.17, 15) is 9.59 Å². The van der Waals surface area contributed by atoms with Crippen LogP contribution in [-0.4, -0.2) is 43.0 Å². The molecule has 1 unspecified atom stereocenters. The Balaban J connectivity index is 1.96. The zero-order chi connectivity index (χ0) is 14.7. The van der Waals surface area contributed by atoms with Gasteiger partial charge in [-0.2, -0.15) is 0 Å². The van der Waals surface area contributed by atoms with Crippen molar-refractivity contribution < 1.29 is 14.3 Å². The normalized spacial score (nSPS) is 15.1. The summed E-state index contributed by atoms with van der Waals surface area (Å²) in [5.41, 5.74) is 7.72. The Morgan fingerprint density at radius 1 is 1.55 bits per heavy atom. The van der Waals surface area contributed by atoms with Gasteiger partial charge in [0, 0.05) is 30.9 Å². The Morgan fingerprint density at radius 2 is 2.30 bits per heavy atom. The Morgan fingerprint density at radius 3 is 3.00 bits per heavy atom. The fourth-order valence-corrected chi connectivity index (χ4v) is 2.29. The van der Waals surface area contributed by atoms with E-state index >= 15 is 0 Å². The Hall–Kier alpha value is -2.08. The number of amides is 2. The van der Waals surface area contributed by atoms with Crippen molar-refractivity contribution in [1.29, 1.82) is 0 Å². The number of hydrogen-bond donors (Lipinski definition) is 2. The molecular formula is C14H19N3O3. The maximum Gasteiger partial charge on any atom is 0.255 e. The molecule has 0 saturated carbocycles. The SMILES string of the molecule is COCC(C)NC(=O)CN1Cc2ccc(N)cc2C1=O. The van der Waals surface area contributed by atoms with Crippen molar-refractivity contribution in [3.8, 4) is 0 Å². The number of rotatable bonds is 5. The minimum atomic E-state index is -0.191. The van der Waals surface area contributed by atoms with E-state index in [1.165, 1.54) is 4.90 Å². The molecule has 0 aliphatic carbocycles. The second kappa shape index (κ2) is 5.92. The highest BCUT2D eigenvalue weighted by molar-refractivity contribution is 6.00. The molecule has 6 heteroatoms. The van der Waals surface area contributed by atoms with E-state index in [1.807, 2.05) is 13.0 Å². The van der Waals surface area contributed by atoms with Gasteiger partial charge in [-0.05, 0) is 24.6 Å². The fourth-order valence-electron chi connectivity index (χ4n) is 2.29. The number of methoxy groups -OCH3 is 1. The van der Waals surface area contributed by atoms with Crippen molar-refractivity contribution in [2.75, 3.05) is 26.0 Å². The molecule has 0 spiro atoms.